The quantitative estimate of drug-likeness (QED) is 0.743. The van der Waals surface area contributed by atoms with E-state index in [2.05, 4.69) is 19.1 Å². The zero-order chi connectivity index (χ0) is 11.4. The Morgan fingerprint density at radius 1 is 1.38 bits per heavy atom. The fourth-order valence-corrected chi connectivity index (χ4v) is 1.84. The van der Waals surface area contributed by atoms with E-state index in [4.69, 9.17) is 14.6 Å². The average Bonchev–Trinajstić information content (AvgIpc) is 3.09. The molecule has 3 nitrogen and oxygen atoms in total. The second kappa shape index (κ2) is 5.43. The first-order chi connectivity index (χ1) is 7.81. The highest BCUT2D eigenvalue weighted by atomic mass is 16.6. The van der Waals surface area contributed by atoms with E-state index in [0.717, 1.165) is 0 Å². The van der Waals surface area contributed by atoms with Gasteiger partial charge < -0.3 is 14.6 Å². The van der Waals surface area contributed by atoms with E-state index in [9.17, 15) is 0 Å². The number of aliphatic hydroxyl groups is 1. The molecule has 1 aliphatic rings. The maximum absolute atomic E-state index is 8.86. The molecular formula is C13H18O3. The van der Waals surface area contributed by atoms with Gasteiger partial charge in [0.1, 0.15) is 6.10 Å². The summed E-state index contributed by atoms with van der Waals surface area (Å²) in [6, 6.07) is 10.1. The Morgan fingerprint density at radius 2 is 2.12 bits per heavy atom. The van der Waals surface area contributed by atoms with Crippen molar-refractivity contribution in [1.82, 2.24) is 0 Å². The molecular weight excluding hydrogens is 204 g/mol. The Bertz CT molecular complexity index is 312. The van der Waals surface area contributed by atoms with Gasteiger partial charge in [-0.25, -0.2) is 0 Å². The van der Waals surface area contributed by atoms with Gasteiger partial charge in [0.2, 0.25) is 0 Å². The summed E-state index contributed by atoms with van der Waals surface area (Å²) in [4.78, 5) is 0. The highest BCUT2D eigenvalue weighted by Gasteiger charge is 2.42. The summed E-state index contributed by atoms with van der Waals surface area (Å²) >= 11 is 0. The van der Waals surface area contributed by atoms with Crippen LogP contribution in [-0.4, -0.2) is 30.5 Å². The predicted octanol–water partition coefficient (Wildman–Crippen LogP) is 1.60. The molecule has 0 aromatic heterocycles. The zero-order valence-electron chi connectivity index (χ0n) is 9.50. The minimum atomic E-state index is 0.0373. The normalized spacial score (nSPS) is 25.4. The van der Waals surface area contributed by atoms with Crippen LogP contribution in [0.3, 0.4) is 0 Å². The van der Waals surface area contributed by atoms with Crippen molar-refractivity contribution in [3.8, 4) is 0 Å². The minimum Gasteiger partial charge on any atom is -0.394 e. The molecule has 3 atom stereocenters. The lowest BCUT2D eigenvalue weighted by Gasteiger charge is -2.09. The fourth-order valence-electron chi connectivity index (χ4n) is 1.84. The van der Waals surface area contributed by atoms with Gasteiger partial charge in [0, 0.05) is 5.92 Å². The lowest BCUT2D eigenvalue weighted by atomic mass is 10.1. The largest absolute Gasteiger partial charge is 0.394 e. The van der Waals surface area contributed by atoms with Crippen molar-refractivity contribution in [3.05, 3.63) is 35.9 Å². The molecule has 1 saturated heterocycles. The topological polar surface area (TPSA) is 42.0 Å². The highest BCUT2D eigenvalue weighted by Crippen LogP contribution is 2.29. The van der Waals surface area contributed by atoms with Crippen molar-refractivity contribution in [2.45, 2.75) is 25.7 Å². The molecule has 3 heteroatoms. The van der Waals surface area contributed by atoms with Gasteiger partial charge in [-0.05, 0) is 5.56 Å². The molecule has 1 N–H and O–H groups in total. The van der Waals surface area contributed by atoms with Crippen LogP contribution in [0, 0.1) is 5.92 Å². The first kappa shape index (κ1) is 11.6. The molecule has 0 aliphatic carbocycles. The summed E-state index contributed by atoms with van der Waals surface area (Å²) in [5.74, 6) is 0.348. The van der Waals surface area contributed by atoms with Gasteiger partial charge in [-0.15, -0.1) is 0 Å². The van der Waals surface area contributed by atoms with Crippen LogP contribution in [0.25, 0.3) is 0 Å². The first-order valence-electron chi connectivity index (χ1n) is 5.69. The van der Waals surface area contributed by atoms with Crippen molar-refractivity contribution in [3.63, 3.8) is 0 Å². The number of ether oxygens (including phenoxy) is 2. The van der Waals surface area contributed by atoms with E-state index in [0.29, 0.717) is 19.1 Å². The van der Waals surface area contributed by atoms with E-state index in [1.807, 2.05) is 18.2 Å². The number of aliphatic hydroxyl groups excluding tert-OH is 1. The zero-order valence-corrected chi connectivity index (χ0v) is 9.50. The smallest absolute Gasteiger partial charge is 0.108 e. The van der Waals surface area contributed by atoms with Gasteiger partial charge in [0.05, 0.1) is 25.9 Å². The second-order valence-electron chi connectivity index (χ2n) is 4.30. The van der Waals surface area contributed by atoms with Crippen LogP contribution in [-0.2, 0) is 16.1 Å². The van der Waals surface area contributed by atoms with Crippen LogP contribution >= 0.6 is 0 Å². The Kier molecular flexibility index (Phi) is 3.93. The van der Waals surface area contributed by atoms with Crippen LogP contribution < -0.4 is 0 Å². The summed E-state index contributed by atoms with van der Waals surface area (Å²) in [6.07, 6.45) is 0.219. The number of benzene rings is 1. The van der Waals surface area contributed by atoms with E-state index in [1.54, 1.807) is 0 Å². The SMILES string of the molecule is C[C@H](COCc1ccccc1)[C@H]1O[C@H]1CO. The Morgan fingerprint density at radius 3 is 2.75 bits per heavy atom. The molecule has 0 saturated carbocycles. The Hall–Kier alpha value is -0.900. The van der Waals surface area contributed by atoms with E-state index in [-0.39, 0.29) is 18.8 Å². The summed E-state index contributed by atoms with van der Waals surface area (Å²) < 4.78 is 10.9. The molecule has 0 bridgehead atoms. The summed E-state index contributed by atoms with van der Waals surface area (Å²) in [5.41, 5.74) is 1.19. The van der Waals surface area contributed by atoms with E-state index < -0.39 is 0 Å². The average molecular weight is 222 g/mol. The monoisotopic (exact) mass is 222 g/mol. The van der Waals surface area contributed by atoms with Gasteiger partial charge in [-0.1, -0.05) is 37.3 Å². The van der Waals surface area contributed by atoms with Crippen LogP contribution in [0.2, 0.25) is 0 Å². The second-order valence-corrected chi connectivity index (χ2v) is 4.30. The van der Waals surface area contributed by atoms with Gasteiger partial charge in [0.15, 0.2) is 0 Å². The van der Waals surface area contributed by atoms with Gasteiger partial charge in [0.25, 0.3) is 0 Å². The van der Waals surface area contributed by atoms with Crippen molar-refractivity contribution < 1.29 is 14.6 Å². The molecule has 1 aromatic rings. The van der Waals surface area contributed by atoms with Crippen molar-refractivity contribution in [2.24, 2.45) is 5.92 Å². The number of epoxide rings is 1. The lowest BCUT2D eigenvalue weighted by Crippen LogP contribution is -2.15. The third-order valence-electron chi connectivity index (χ3n) is 2.85. The van der Waals surface area contributed by atoms with Crippen molar-refractivity contribution in [2.75, 3.05) is 13.2 Å². The molecule has 0 spiro atoms. The predicted molar refractivity (Wildman–Crippen MR) is 61.0 cm³/mol. The maximum Gasteiger partial charge on any atom is 0.108 e. The lowest BCUT2D eigenvalue weighted by molar-refractivity contribution is 0.0825. The van der Waals surface area contributed by atoms with Gasteiger partial charge >= 0.3 is 0 Å². The molecule has 1 aromatic carbocycles. The summed E-state index contributed by atoms with van der Waals surface area (Å²) in [6.45, 7) is 3.52. The minimum absolute atomic E-state index is 0.0373. The number of hydrogen-bond donors (Lipinski definition) is 1. The molecule has 1 aliphatic heterocycles. The van der Waals surface area contributed by atoms with Crippen LogP contribution in [0.1, 0.15) is 12.5 Å². The summed E-state index contributed by atoms with van der Waals surface area (Å²) in [7, 11) is 0. The van der Waals surface area contributed by atoms with Crippen LogP contribution in [0.4, 0.5) is 0 Å². The molecule has 88 valence electrons. The van der Waals surface area contributed by atoms with E-state index >= 15 is 0 Å². The standard InChI is InChI=1S/C13H18O3/c1-10(13-12(7-14)16-13)8-15-9-11-5-3-2-4-6-11/h2-6,10,12-14H,7-9H2,1H3/t10-,12+,13-/m1/s1. The molecule has 2 rings (SSSR count). The molecule has 16 heavy (non-hydrogen) atoms. The Balaban J connectivity index is 1.65. The third-order valence-corrected chi connectivity index (χ3v) is 2.85. The Labute approximate surface area is 96.0 Å². The molecule has 1 fully saturated rings. The van der Waals surface area contributed by atoms with Gasteiger partial charge in [-0.2, -0.15) is 0 Å². The molecule has 0 radical (unpaired) electrons. The molecule has 0 amide bonds. The van der Waals surface area contributed by atoms with Crippen LogP contribution in [0.5, 0.6) is 0 Å². The molecule has 0 unspecified atom stereocenters. The van der Waals surface area contributed by atoms with Crippen molar-refractivity contribution >= 4 is 0 Å². The van der Waals surface area contributed by atoms with Crippen molar-refractivity contribution in [1.29, 1.82) is 0 Å². The number of hydrogen-bond acceptors (Lipinski definition) is 3. The number of rotatable bonds is 6. The fraction of sp³-hybridized carbons (Fsp3) is 0.538. The first-order valence-corrected chi connectivity index (χ1v) is 5.69. The van der Waals surface area contributed by atoms with E-state index in [1.165, 1.54) is 5.56 Å². The maximum atomic E-state index is 8.86. The highest BCUT2D eigenvalue weighted by molar-refractivity contribution is 5.13. The third kappa shape index (κ3) is 3.04. The molecule has 1 heterocycles. The van der Waals surface area contributed by atoms with Crippen LogP contribution in [0.15, 0.2) is 30.3 Å². The summed E-state index contributed by atoms with van der Waals surface area (Å²) in [5, 5.41) is 8.86. The van der Waals surface area contributed by atoms with Gasteiger partial charge in [-0.3, -0.25) is 0 Å².